The van der Waals surface area contributed by atoms with Crippen molar-refractivity contribution in [2.45, 2.75) is 39.3 Å². The summed E-state index contributed by atoms with van der Waals surface area (Å²) in [6.07, 6.45) is 0.785. The topological polar surface area (TPSA) is 38.8 Å². The first-order chi connectivity index (χ1) is 19.4. The van der Waals surface area contributed by atoms with Crippen LogP contribution in [0.4, 0.5) is 0 Å². The van der Waals surface area contributed by atoms with Crippen LogP contribution in [0.25, 0.3) is 0 Å². The molecular weight excluding hydrogens is 518 g/mol. The fraction of sp³-hybridized carbons (Fsp3) is 0.286. The third kappa shape index (κ3) is 7.67. The molecule has 0 fully saturated rings. The van der Waals surface area contributed by atoms with Crippen molar-refractivity contribution in [3.63, 3.8) is 0 Å². The zero-order valence-corrected chi connectivity index (χ0v) is 24.3. The second-order valence-electron chi connectivity index (χ2n) is 10.7. The summed E-state index contributed by atoms with van der Waals surface area (Å²) in [6, 6.07) is 36.9. The number of nitrogens with zero attached hydrogens (tertiary/aromatic N) is 1. The van der Waals surface area contributed by atoms with E-state index in [0.29, 0.717) is 31.2 Å². The predicted molar refractivity (Wildman–Crippen MR) is 163 cm³/mol. The minimum Gasteiger partial charge on any atom is -0.493 e. The van der Waals surface area contributed by atoms with E-state index >= 15 is 0 Å². The highest BCUT2D eigenvalue weighted by Crippen LogP contribution is 2.32. The average Bonchev–Trinajstić information content (AvgIpc) is 3.01. The Hall–Kier alpha value is -3.76. The number of methoxy groups -OCH3 is 1. The van der Waals surface area contributed by atoms with E-state index in [0.717, 1.165) is 17.5 Å². The van der Waals surface area contributed by atoms with Crippen LogP contribution in [0.15, 0.2) is 109 Å². The van der Waals surface area contributed by atoms with E-state index in [1.165, 1.54) is 11.1 Å². The maximum Gasteiger partial charge on any atom is 0.229 e. The van der Waals surface area contributed by atoms with Gasteiger partial charge < -0.3 is 14.4 Å². The van der Waals surface area contributed by atoms with Crippen LogP contribution in [0.1, 0.15) is 48.4 Å². The van der Waals surface area contributed by atoms with E-state index in [1.807, 2.05) is 79.4 Å². The summed E-state index contributed by atoms with van der Waals surface area (Å²) in [5.74, 6) is 1.76. The SMILES string of the molecule is COc1cc(CN(CCC(c2ccccc2)c2ccccc2)C(=O)C(C)(C)CCl)ccc1OCc1ccccc1. The molecule has 0 radical (unpaired) electrons. The van der Waals surface area contributed by atoms with Gasteiger partial charge in [0.15, 0.2) is 11.5 Å². The van der Waals surface area contributed by atoms with E-state index in [4.69, 9.17) is 21.1 Å². The van der Waals surface area contributed by atoms with Gasteiger partial charge >= 0.3 is 0 Å². The molecule has 4 aromatic rings. The second kappa shape index (κ2) is 14.0. The summed E-state index contributed by atoms with van der Waals surface area (Å²) in [7, 11) is 1.64. The molecule has 40 heavy (non-hydrogen) atoms. The van der Waals surface area contributed by atoms with Gasteiger partial charge in [-0.2, -0.15) is 0 Å². The van der Waals surface area contributed by atoms with Crippen molar-refractivity contribution in [2.75, 3.05) is 19.5 Å². The third-order valence-electron chi connectivity index (χ3n) is 7.13. The van der Waals surface area contributed by atoms with Crippen molar-refractivity contribution in [3.8, 4) is 11.5 Å². The number of carbonyl (C=O) groups excluding carboxylic acids is 1. The van der Waals surface area contributed by atoms with Crippen LogP contribution < -0.4 is 9.47 Å². The number of amides is 1. The molecule has 0 unspecified atom stereocenters. The van der Waals surface area contributed by atoms with Gasteiger partial charge in [0, 0.05) is 24.9 Å². The lowest BCUT2D eigenvalue weighted by atomic mass is 9.87. The number of ether oxygens (including phenoxy) is 2. The third-order valence-corrected chi connectivity index (χ3v) is 7.80. The molecule has 4 aromatic carbocycles. The molecule has 1 amide bonds. The molecule has 0 aliphatic carbocycles. The summed E-state index contributed by atoms with van der Waals surface area (Å²) in [5, 5.41) is 0. The molecule has 4 rings (SSSR count). The first kappa shape index (κ1) is 29.2. The van der Waals surface area contributed by atoms with Crippen molar-refractivity contribution < 1.29 is 14.3 Å². The number of hydrogen-bond donors (Lipinski definition) is 0. The van der Waals surface area contributed by atoms with Gasteiger partial charge in [-0.05, 0) is 54.7 Å². The Kier molecular flexibility index (Phi) is 10.3. The van der Waals surface area contributed by atoms with Crippen LogP contribution in [0.2, 0.25) is 0 Å². The molecule has 4 nitrogen and oxygen atoms in total. The lowest BCUT2D eigenvalue weighted by Gasteiger charge is -2.32. The largest absolute Gasteiger partial charge is 0.493 e. The lowest BCUT2D eigenvalue weighted by Crippen LogP contribution is -2.42. The van der Waals surface area contributed by atoms with Crippen molar-refractivity contribution in [2.24, 2.45) is 5.41 Å². The van der Waals surface area contributed by atoms with Crippen molar-refractivity contribution in [1.29, 1.82) is 0 Å². The Morgan fingerprint density at radius 1 is 0.800 bits per heavy atom. The first-order valence-electron chi connectivity index (χ1n) is 13.7. The monoisotopic (exact) mass is 555 g/mol. The molecule has 0 aliphatic heterocycles. The Balaban J connectivity index is 1.55. The van der Waals surface area contributed by atoms with Gasteiger partial charge in [-0.1, -0.05) is 97.1 Å². The van der Waals surface area contributed by atoms with Crippen molar-refractivity contribution in [1.82, 2.24) is 4.90 Å². The molecular formula is C35H38ClNO3. The van der Waals surface area contributed by atoms with E-state index in [-0.39, 0.29) is 17.7 Å². The fourth-order valence-electron chi connectivity index (χ4n) is 4.80. The highest BCUT2D eigenvalue weighted by Gasteiger charge is 2.32. The molecule has 0 heterocycles. The molecule has 0 bridgehead atoms. The molecule has 0 saturated heterocycles. The molecule has 0 saturated carbocycles. The summed E-state index contributed by atoms with van der Waals surface area (Å²) >= 11 is 6.26. The van der Waals surface area contributed by atoms with Crippen LogP contribution in [0.5, 0.6) is 11.5 Å². The van der Waals surface area contributed by atoms with E-state index in [1.54, 1.807) is 7.11 Å². The van der Waals surface area contributed by atoms with Gasteiger partial charge in [0.25, 0.3) is 0 Å². The maximum absolute atomic E-state index is 13.8. The van der Waals surface area contributed by atoms with Gasteiger partial charge in [-0.25, -0.2) is 0 Å². The van der Waals surface area contributed by atoms with Crippen LogP contribution >= 0.6 is 11.6 Å². The molecule has 5 heteroatoms. The van der Waals surface area contributed by atoms with Crippen LogP contribution in [-0.4, -0.2) is 30.3 Å². The zero-order valence-electron chi connectivity index (χ0n) is 23.6. The number of hydrogen-bond acceptors (Lipinski definition) is 3. The second-order valence-corrected chi connectivity index (χ2v) is 10.9. The van der Waals surface area contributed by atoms with Crippen LogP contribution in [0, 0.1) is 5.41 Å². The summed E-state index contributed by atoms with van der Waals surface area (Å²) in [4.78, 5) is 15.7. The highest BCUT2D eigenvalue weighted by molar-refractivity contribution is 6.19. The van der Waals surface area contributed by atoms with Gasteiger partial charge in [0.2, 0.25) is 5.91 Å². The molecule has 0 aliphatic rings. The first-order valence-corrected chi connectivity index (χ1v) is 14.2. The average molecular weight is 556 g/mol. The number of benzene rings is 4. The molecule has 0 atom stereocenters. The quantitative estimate of drug-likeness (QED) is 0.156. The maximum atomic E-state index is 13.8. The minimum absolute atomic E-state index is 0.0331. The highest BCUT2D eigenvalue weighted by atomic mass is 35.5. The van der Waals surface area contributed by atoms with Gasteiger partial charge in [-0.3, -0.25) is 4.79 Å². The summed E-state index contributed by atoms with van der Waals surface area (Å²) in [6.45, 7) is 5.29. The number of carbonyl (C=O) groups is 1. The lowest BCUT2D eigenvalue weighted by molar-refractivity contribution is -0.140. The van der Waals surface area contributed by atoms with Gasteiger partial charge in [-0.15, -0.1) is 11.6 Å². The van der Waals surface area contributed by atoms with Crippen molar-refractivity contribution >= 4 is 17.5 Å². The Bertz CT molecular complexity index is 1300. The molecule has 0 aromatic heterocycles. The fourth-order valence-corrected chi connectivity index (χ4v) is 4.92. The van der Waals surface area contributed by atoms with E-state index in [9.17, 15) is 4.79 Å². The Morgan fingerprint density at radius 2 is 1.38 bits per heavy atom. The normalized spacial score (nSPS) is 11.3. The van der Waals surface area contributed by atoms with Gasteiger partial charge in [0.05, 0.1) is 12.5 Å². The molecule has 0 N–H and O–H groups in total. The van der Waals surface area contributed by atoms with Crippen LogP contribution in [-0.2, 0) is 17.9 Å². The summed E-state index contributed by atoms with van der Waals surface area (Å²) in [5.41, 5.74) is 3.84. The number of rotatable bonds is 13. The van der Waals surface area contributed by atoms with Crippen molar-refractivity contribution in [3.05, 3.63) is 131 Å². The van der Waals surface area contributed by atoms with Gasteiger partial charge in [0.1, 0.15) is 6.61 Å². The minimum atomic E-state index is -0.681. The summed E-state index contributed by atoms with van der Waals surface area (Å²) < 4.78 is 11.7. The Labute approximate surface area is 243 Å². The predicted octanol–water partition coefficient (Wildman–Crippen LogP) is 8.09. The Morgan fingerprint density at radius 3 is 1.93 bits per heavy atom. The zero-order chi connectivity index (χ0) is 28.4. The van der Waals surface area contributed by atoms with E-state index < -0.39 is 5.41 Å². The molecule has 0 spiro atoms. The number of halogens is 1. The standard InChI is InChI=1S/C35H38ClNO3/c1-35(2,26-36)34(38)37(22-21-31(29-15-9-5-10-16-29)30-17-11-6-12-18-30)24-28-19-20-32(33(23-28)39-3)40-25-27-13-7-4-8-14-27/h4-20,23,31H,21-22,24-26H2,1-3H3. The smallest absolute Gasteiger partial charge is 0.229 e. The van der Waals surface area contributed by atoms with Crippen LogP contribution in [0.3, 0.4) is 0 Å². The van der Waals surface area contributed by atoms with E-state index in [2.05, 4.69) is 48.5 Å². The molecule has 208 valence electrons. The number of alkyl halides is 1.